The van der Waals surface area contributed by atoms with Gasteiger partial charge in [0.2, 0.25) is 0 Å². The first kappa shape index (κ1) is 46.1. The van der Waals surface area contributed by atoms with E-state index in [1.165, 1.54) is 95.3 Å². The Bertz CT molecular complexity index is 1850. The number of anilines is 6. The van der Waals surface area contributed by atoms with Crippen LogP contribution in [0.1, 0.15) is 153 Å². The van der Waals surface area contributed by atoms with Crippen molar-refractivity contribution in [2.45, 2.75) is 160 Å². The summed E-state index contributed by atoms with van der Waals surface area (Å²) in [5, 5.41) is 0. The van der Waals surface area contributed by atoms with E-state index in [1.807, 2.05) is 0 Å². The van der Waals surface area contributed by atoms with E-state index in [0.29, 0.717) is 0 Å². The molecule has 0 bridgehead atoms. The van der Waals surface area contributed by atoms with Crippen molar-refractivity contribution in [3.05, 3.63) is 142 Å². The van der Waals surface area contributed by atoms with E-state index >= 15 is 0 Å². The number of aryl methyl sites for hydroxylation is 5. The van der Waals surface area contributed by atoms with Crippen LogP contribution in [0.25, 0.3) is 0 Å². The summed E-state index contributed by atoms with van der Waals surface area (Å²) in [6, 6.07) is 38.1. The Morgan fingerprint density at radius 1 is 0.375 bits per heavy atom. The molecule has 0 fully saturated rings. The van der Waals surface area contributed by atoms with Crippen LogP contribution in [0, 0.1) is 34.6 Å². The zero-order valence-corrected chi connectivity index (χ0v) is 38.2. The Labute approximate surface area is 344 Å². The molecule has 0 radical (unpaired) electrons. The topological polar surface area (TPSA) is 6.48 Å². The maximum Gasteiger partial charge on any atom is 0.0520 e. The fourth-order valence-corrected chi connectivity index (χ4v) is 7.17. The average molecular weight is 753 g/mol. The van der Waals surface area contributed by atoms with Crippen LogP contribution in [0.2, 0.25) is 0 Å². The van der Waals surface area contributed by atoms with Gasteiger partial charge in [-0.05, 0) is 127 Å². The van der Waals surface area contributed by atoms with E-state index in [4.69, 9.17) is 0 Å². The minimum atomic E-state index is 0.0899. The van der Waals surface area contributed by atoms with Crippen LogP contribution in [-0.4, -0.2) is 0 Å². The van der Waals surface area contributed by atoms with Gasteiger partial charge in [0.05, 0.1) is 11.4 Å². The molecule has 0 heterocycles. The third kappa shape index (κ3) is 12.6. The lowest BCUT2D eigenvalue weighted by Crippen LogP contribution is -2.17. The van der Waals surface area contributed by atoms with E-state index in [-0.39, 0.29) is 10.8 Å². The summed E-state index contributed by atoms with van der Waals surface area (Å²) in [5.41, 5.74) is 16.3. The molecule has 0 amide bonds. The number of hydrogen-bond acceptors (Lipinski definition) is 2. The molecule has 5 aromatic rings. The molecule has 0 N–H and O–H groups in total. The molecule has 2 heteroatoms. The van der Waals surface area contributed by atoms with Crippen molar-refractivity contribution in [1.29, 1.82) is 0 Å². The molecule has 0 saturated heterocycles. The highest BCUT2D eigenvalue weighted by Gasteiger charge is 2.24. The fraction of sp³-hybridized carbons (Fsp3) is 0.444. The minimum Gasteiger partial charge on any atom is -0.310 e. The Hall–Kier alpha value is -4.30. The van der Waals surface area contributed by atoms with Crippen LogP contribution in [0.3, 0.4) is 0 Å². The highest BCUT2D eigenvalue weighted by Crippen LogP contribution is 2.44. The highest BCUT2D eigenvalue weighted by atomic mass is 15.2. The van der Waals surface area contributed by atoms with E-state index in [2.05, 4.69) is 217 Å². The van der Waals surface area contributed by atoms with Gasteiger partial charge in [0.15, 0.2) is 0 Å². The van der Waals surface area contributed by atoms with Gasteiger partial charge < -0.3 is 9.80 Å². The van der Waals surface area contributed by atoms with Crippen LogP contribution in [0.5, 0.6) is 0 Å². The van der Waals surface area contributed by atoms with E-state index in [9.17, 15) is 0 Å². The summed E-state index contributed by atoms with van der Waals surface area (Å²) in [7, 11) is 0. The summed E-state index contributed by atoms with van der Waals surface area (Å²) < 4.78 is 0. The van der Waals surface area contributed by atoms with E-state index in [0.717, 1.165) is 22.7 Å². The first-order chi connectivity index (χ1) is 26.5. The first-order valence-corrected chi connectivity index (χ1v) is 21.5. The number of rotatable bonds is 11. The molecule has 56 heavy (non-hydrogen) atoms. The van der Waals surface area contributed by atoms with Crippen LogP contribution in [-0.2, 0) is 10.8 Å². The molecule has 2 nitrogen and oxygen atoms in total. The number of benzene rings is 5. The predicted molar refractivity (Wildman–Crippen MR) is 252 cm³/mol. The molecule has 5 aromatic carbocycles. The van der Waals surface area contributed by atoms with Gasteiger partial charge >= 0.3 is 0 Å². The third-order valence-corrected chi connectivity index (χ3v) is 10.5. The van der Waals surface area contributed by atoms with E-state index in [1.54, 1.807) is 0 Å². The number of hydrogen-bond donors (Lipinski definition) is 0. The van der Waals surface area contributed by atoms with Gasteiger partial charge in [-0.25, -0.2) is 0 Å². The second-order valence-electron chi connectivity index (χ2n) is 17.8. The Kier molecular flexibility index (Phi) is 17.5. The SMILES string of the molecule is CCCCC.CCCCCC.Cc1ccc(N(c2ccc(N(c3ccccc3)c3c(C)cc(C(C)(C)C)cc3C)cc2)c2c(C)cc(C(C)(C)C)cc2C)cc1. The largest absolute Gasteiger partial charge is 0.310 e. The molecule has 0 unspecified atom stereocenters. The van der Waals surface area contributed by atoms with Crippen molar-refractivity contribution >= 4 is 34.1 Å². The van der Waals surface area contributed by atoms with Crippen LogP contribution in [0.15, 0.2) is 103 Å². The second-order valence-corrected chi connectivity index (χ2v) is 17.8. The van der Waals surface area contributed by atoms with Gasteiger partial charge in [0.1, 0.15) is 0 Å². The monoisotopic (exact) mass is 753 g/mol. The zero-order valence-electron chi connectivity index (χ0n) is 38.2. The first-order valence-electron chi connectivity index (χ1n) is 21.5. The van der Waals surface area contributed by atoms with Gasteiger partial charge in [-0.3, -0.25) is 0 Å². The van der Waals surface area contributed by atoms with Gasteiger partial charge in [0.25, 0.3) is 0 Å². The fourth-order valence-electron chi connectivity index (χ4n) is 7.17. The van der Waals surface area contributed by atoms with Gasteiger partial charge in [-0.1, -0.05) is 174 Å². The van der Waals surface area contributed by atoms with Crippen molar-refractivity contribution in [3.63, 3.8) is 0 Å². The summed E-state index contributed by atoms with van der Waals surface area (Å²) >= 11 is 0. The molecule has 0 aliphatic heterocycles. The summed E-state index contributed by atoms with van der Waals surface area (Å²) in [6.45, 7) is 33.7. The number of nitrogens with zero attached hydrogens (tertiary/aromatic N) is 2. The van der Waals surface area contributed by atoms with Crippen molar-refractivity contribution in [3.8, 4) is 0 Å². The van der Waals surface area contributed by atoms with Crippen molar-refractivity contribution < 1.29 is 0 Å². The zero-order chi connectivity index (χ0) is 41.6. The van der Waals surface area contributed by atoms with Gasteiger partial charge in [-0.2, -0.15) is 0 Å². The summed E-state index contributed by atoms with van der Waals surface area (Å²) in [5.74, 6) is 0. The molecular formula is C54H76N2. The predicted octanol–water partition coefficient (Wildman–Crippen LogP) is 17.5. The average Bonchev–Trinajstić information content (AvgIpc) is 3.15. The molecule has 0 spiro atoms. The third-order valence-electron chi connectivity index (χ3n) is 10.5. The highest BCUT2D eigenvalue weighted by molar-refractivity contribution is 5.84. The minimum absolute atomic E-state index is 0.0899. The normalized spacial score (nSPS) is 11.3. The lowest BCUT2D eigenvalue weighted by Gasteiger charge is -2.32. The standard InChI is InChI=1S/C43H50N2.C6H14.C5H12/c1-29-17-19-37(20-18-29)45(41-32(4)27-35(28-33(41)5)43(9,10)11)39-23-21-38(22-24-39)44(36-15-13-12-14-16-36)40-30(2)25-34(26-31(40)3)42(6,7)8;1-3-5-6-4-2;1-3-5-4-2/h12-28H,1-11H3;3-6H2,1-2H3;3-5H2,1-2H3. The smallest absolute Gasteiger partial charge is 0.0520 e. The van der Waals surface area contributed by atoms with Crippen LogP contribution >= 0.6 is 0 Å². The Morgan fingerprint density at radius 2 is 0.661 bits per heavy atom. The summed E-state index contributed by atoms with van der Waals surface area (Å²) in [6.07, 6.45) is 9.61. The number of para-hydroxylation sites is 1. The molecule has 0 aliphatic rings. The molecule has 0 atom stereocenters. The second kappa shape index (κ2) is 21.3. The molecule has 5 rings (SSSR count). The summed E-state index contributed by atoms with van der Waals surface area (Å²) in [4.78, 5) is 4.83. The maximum atomic E-state index is 2.42. The van der Waals surface area contributed by atoms with Crippen molar-refractivity contribution in [2.24, 2.45) is 0 Å². The maximum absolute atomic E-state index is 2.42. The molecule has 0 aromatic heterocycles. The van der Waals surface area contributed by atoms with Gasteiger partial charge in [-0.15, -0.1) is 0 Å². The lowest BCUT2D eigenvalue weighted by molar-refractivity contribution is 0.589. The number of unbranched alkanes of at least 4 members (excludes halogenated alkanes) is 5. The van der Waals surface area contributed by atoms with Crippen LogP contribution in [0.4, 0.5) is 34.1 Å². The van der Waals surface area contributed by atoms with Crippen LogP contribution < -0.4 is 9.80 Å². The molecular weight excluding hydrogens is 677 g/mol. The Balaban J connectivity index is 0.000000672. The quantitative estimate of drug-likeness (QED) is 0.124. The molecule has 0 aliphatic carbocycles. The van der Waals surface area contributed by atoms with Crippen molar-refractivity contribution in [1.82, 2.24) is 0 Å². The molecule has 0 saturated carbocycles. The Morgan fingerprint density at radius 3 is 0.929 bits per heavy atom. The van der Waals surface area contributed by atoms with Gasteiger partial charge in [0, 0.05) is 22.7 Å². The van der Waals surface area contributed by atoms with E-state index < -0.39 is 0 Å². The van der Waals surface area contributed by atoms with Crippen molar-refractivity contribution in [2.75, 3.05) is 9.80 Å². The molecule has 302 valence electrons. The lowest BCUT2D eigenvalue weighted by atomic mass is 9.84.